The van der Waals surface area contributed by atoms with Crippen molar-refractivity contribution >= 4 is 28.7 Å². The summed E-state index contributed by atoms with van der Waals surface area (Å²) in [6.07, 6.45) is 1.40. The molecular weight excluding hydrogens is 353 g/mol. The van der Waals surface area contributed by atoms with Gasteiger partial charge in [-0.3, -0.25) is 0 Å². The summed E-state index contributed by atoms with van der Waals surface area (Å²) in [6.45, 7) is 5.58. The van der Waals surface area contributed by atoms with Gasteiger partial charge in [0, 0.05) is 11.8 Å². The summed E-state index contributed by atoms with van der Waals surface area (Å²) in [4.78, 5) is 12.1. The Kier molecular flexibility index (Phi) is 3.99. The van der Waals surface area contributed by atoms with E-state index in [0.29, 0.717) is 0 Å². The van der Waals surface area contributed by atoms with Crippen molar-refractivity contribution < 1.29 is 9.53 Å². The highest BCUT2D eigenvalue weighted by Gasteiger charge is 2.20. The third-order valence-corrected chi connectivity index (χ3v) is 3.60. The third kappa shape index (κ3) is 3.37. The van der Waals surface area contributed by atoms with Crippen LogP contribution in [0.4, 0.5) is 4.79 Å². The van der Waals surface area contributed by atoms with E-state index in [1.165, 1.54) is 4.57 Å². The molecule has 3 nitrogen and oxygen atoms in total. The van der Waals surface area contributed by atoms with Gasteiger partial charge in [0.1, 0.15) is 5.60 Å². The summed E-state index contributed by atoms with van der Waals surface area (Å²) in [6, 6.07) is 11.9. The quantitative estimate of drug-likeness (QED) is 0.691. The van der Waals surface area contributed by atoms with Gasteiger partial charge in [-0.2, -0.15) is 0 Å². The molecule has 1 aromatic carbocycles. The highest BCUT2D eigenvalue weighted by molar-refractivity contribution is 14.1. The van der Waals surface area contributed by atoms with Gasteiger partial charge in [-0.15, -0.1) is 0 Å². The lowest BCUT2D eigenvalue weighted by Gasteiger charge is -2.19. The van der Waals surface area contributed by atoms with Crippen molar-refractivity contribution in [2.24, 2.45) is 0 Å². The highest BCUT2D eigenvalue weighted by atomic mass is 127. The second-order valence-electron chi connectivity index (χ2n) is 5.24. The largest absolute Gasteiger partial charge is 0.443 e. The van der Waals surface area contributed by atoms with Crippen molar-refractivity contribution in [3.63, 3.8) is 0 Å². The smallest absolute Gasteiger partial charge is 0.419 e. The van der Waals surface area contributed by atoms with Crippen LogP contribution in [0.15, 0.2) is 42.6 Å². The summed E-state index contributed by atoms with van der Waals surface area (Å²) in [5.41, 5.74) is 1.64. The molecule has 0 radical (unpaired) electrons. The van der Waals surface area contributed by atoms with Gasteiger partial charge >= 0.3 is 6.09 Å². The number of nitrogens with zero attached hydrogens (tertiary/aromatic N) is 1. The standard InChI is InChI=1S/C15H16INO2/c1-15(2,3)19-14(18)17-10-9-12(13(17)16)11-7-5-4-6-8-11/h4-10H,1-3H3. The van der Waals surface area contributed by atoms with Crippen LogP contribution in [0, 0.1) is 3.70 Å². The normalized spacial score (nSPS) is 11.4. The number of ether oxygens (including phenoxy) is 1. The van der Waals surface area contributed by atoms with Gasteiger partial charge in [0.15, 0.2) is 0 Å². The Balaban J connectivity index is 2.31. The van der Waals surface area contributed by atoms with Crippen LogP contribution in [0.1, 0.15) is 20.8 Å². The Bertz CT molecular complexity index is 582. The molecule has 0 aliphatic rings. The minimum absolute atomic E-state index is 0.348. The predicted octanol–water partition coefficient (Wildman–Crippen LogP) is 4.54. The average Bonchev–Trinajstić information content (AvgIpc) is 2.70. The van der Waals surface area contributed by atoms with Crippen molar-refractivity contribution in [2.45, 2.75) is 26.4 Å². The van der Waals surface area contributed by atoms with Gasteiger partial charge in [-0.1, -0.05) is 30.3 Å². The first kappa shape index (κ1) is 14.1. The lowest BCUT2D eigenvalue weighted by atomic mass is 10.1. The minimum atomic E-state index is -0.489. The zero-order valence-electron chi connectivity index (χ0n) is 11.2. The van der Waals surface area contributed by atoms with E-state index >= 15 is 0 Å². The monoisotopic (exact) mass is 369 g/mol. The van der Waals surface area contributed by atoms with E-state index in [4.69, 9.17) is 4.74 Å². The topological polar surface area (TPSA) is 31.2 Å². The fourth-order valence-electron chi connectivity index (χ4n) is 1.70. The molecule has 2 rings (SSSR count). The molecule has 0 unspecified atom stereocenters. The molecule has 0 saturated carbocycles. The van der Waals surface area contributed by atoms with Crippen LogP contribution in [0.5, 0.6) is 0 Å². The van der Waals surface area contributed by atoms with Crippen molar-refractivity contribution in [1.29, 1.82) is 0 Å². The van der Waals surface area contributed by atoms with E-state index in [1.807, 2.05) is 57.2 Å². The zero-order chi connectivity index (χ0) is 14.0. The fraction of sp³-hybridized carbons (Fsp3) is 0.267. The molecule has 1 aromatic heterocycles. The van der Waals surface area contributed by atoms with Gasteiger partial charge in [-0.25, -0.2) is 9.36 Å². The number of rotatable bonds is 1. The Labute approximate surface area is 126 Å². The second-order valence-corrected chi connectivity index (χ2v) is 6.26. The summed E-state index contributed by atoms with van der Waals surface area (Å²) in [5, 5.41) is 0. The molecule has 2 aromatic rings. The molecule has 1 heterocycles. The molecule has 0 bridgehead atoms. The third-order valence-electron chi connectivity index (χ3n) is 2.50. The Morgan fingerprint density at radius 3 is 2.37 bits per heavy atom. The lowest BCUT2D eigenvalue weighted by Crippen LogP contribution is -2.27. The number of aromatic nitrogens is 1. The van der Waals surface area contributed by atoms with Gasteiger partial charge in [0.05, 0.1) is 3.70 Å². The van der Waals surface area contributed by atoms with Crippen LogP contribution >= 0.6 is 22.6 Å². The van der Waals surface area contributed by atoms with Gasteiger partial charge in [-0.05, 0) is 55.0 Å². The number of hydrogen-bond acceptors (Lipinski definition) is 2. The van der Waals surface area contributed by atoms with Crippen LogP contribution in [0.3, 0.4) is 0 Å². The van der Waals surface area contributed by atoms with Gasteiger partial charge in [0.25, 0.3) is 0 Å². The van der Waals surface area contributed by atoms with E-state index < -0.39 is 5.60 Å². The Morgan fingerprint density at radius 1 is 1.16 bits per heavy atom. The van der Waals surface area contributed by atoms with Crippen molar-refractivity contribution in [3.05, 3.63) is 46.3 Å². The van der Waals surface area contributed by atoms with Crippen molar-refractivity contribution in [3.8, 4) is 11.1 Å². The molecule has 0 amide bonds. The number of benzene rings is 1. The molecule has 4 heteroatoms. The van der Waals surface area contributed by atoms with Gasteiger partial charge in [0.2, 0.25) is 0 Å². The molecular formula is C15H16INO2. The Hall–Kier alpha value is -1.30. The van der Waals surface area contributed by atoms with E-state index in [9.17, 15) is 4.79 Å². The molecule has 0 aliphatic carbocycles. The highest BCUT2D eigenvalue weighted by Crippen LogP contribution is 2.26. The van der Waals surface area contributed by atoms with Crippen LogP contribution in [-0.4, -0.2) is 16.3 Å². The molecule has 0 aliphatic heterocycles. The SMILES string of the molecule is CC(C)(C)OC(=O)n1ccc(-c2ccccc2)c1I. The van der Waals surface area contributed by atoms with Crippen molar-refractivity contribution in [1.82, 2.24) is 4.57 Å². The number of carbonyl (C=O) groups is 1. The maximum absolute atomic E-state index is 12.1. The summed E-state index contributed by atoms with van der Waals surface area (Å²) in [7, 11) is 0. The first-order valence-corrected chi connectivity index (χ1v) is 7.12. The van der Waals surface area contributed by atoms with Crippen LogP contribution in [-0.2, 0) is 4.74 Å². The molecule has 0 spiro atoms. The predicted molar refractivity (Wildman–Crippen MR) is 84.2 cm³/mol. The minimum Gasteiger partial charge on any atom is -0.443 e. The van der Waals surface area contributed by atoms with E-state index in [-0.39, 0.29) is 6.09 Å². The second kappa shape index (κ2) is 5.36. The Morgan fingerprint density at radius 2 is 1.79 bits per heavy atom. The maximum Gasteiger partial charge on any atom is 0.419 e. The molecule has 0 saturated heterocycles. The van der Waals surface area contributed by atoms with E-state index in [0.717, 1.165) is 14.8 Å². The first-order chi connectivity index (χ1) is 8.88. The van der Waals surface area contributed by atoms with Crippen LogP contribution in [0.25, 0.3) is 11.1 Å². The molecule has 19 heavy (non-hydrogen) atoms. The molecule has 0 atom stereocenters. The molecule has 100 valence electrons. The van der Waals surface area contributed by atoms with Crippen LogP contribution < -0.4 is 0 Å². The maximum atomic E-state index is 12.1. The number of carbonyl (C=O) groups excluding carboxylic acids is 1. The van der Waals surface area contributed by atoms with Crippen LogP contribution in [0.2, 0.25) is 0 Å². The summed E-state index contributed by atoms with van der Waals surface area (Å²) >= 11 is 2.17. The molecule has 0 N–H and O–H groups in total. The summed E-state index contributed by atoms with van der Waals surface area (Å²) in [5.74, 6) is 0. The molecule has 0 fully saturated rings. The van der Waals surface area contributed by atoms with E-state index in [1.54, 1.807) is 6.20 Å². The first-order valence-electron chi connectivity index (χ1n) is 6.04. The fourth-order valence-corrected chi connectivity index (χ4v) is 2.55. The lowest BCUT2D eigenvalue weighted by molar-refractivity contribution is 0.0533. The van der Waals surface area contributed by atoms with E-state index in [2.05, 4.69) is 22.6 Å². The van der Waals surface area contributed by atoms with Gasteiger partial charge < -0.3 is 4.74 Å². The van der Waals surface area contributed by atoms with Crippen molar-refractivity contribution in [2.75, 3.05) is 0 Å². The number of halogens is 1. The average molecular weight is 369 g/mol. The number of hydrogen-bond donors (Lipinski definition) is 0. The summed E-state index contributed by atoms with van der Waals surface area (Å²) < 4.78 is 7.77. The zero-order valence-corrected chi connectivity index (χ0v) is 13.3.